The summed E-state index contributed by atoms with van der Waals surface area (Å²) < 4.78 is 16.7. The highest BCUT2D eigenvalue weighted by Gasteiger charge is 2.14. The van der Waals surface area contributed by atoms with Crippen molar-refractivity contribution in [3.8, 4) is 28.4 Å². The van der Waals surface area contributed by atoms with Gasteiger partial charge in [-0.15, -0.1) is 0 Å². The summed E-state index contributed by atoms with van der Waals surface area (Å²) in [5, 5.41) is 6.37. The first-order valence-electron chi connectivity index (χ1n) is 11.7. The molecule has 1 fully saturated rings. The van der Waals surface area contributed by atoms with Gasteiger partial charge in [0.05, 0.1) is 14.2 Å². The van der Waals surface area contributed by atoms with Gasteiger partial charge in [-0.2, -0.15) is 0 Å². The first-order valence-corrected chi connectivity index (χ1v) is 11.7. The summed E-state index contributed by atoms with van der Waals surface area (Å²) in [4.78, 5) is 12.6. The number of piperidine rings is 1. The molecule has 6 heteroatoms. The smallest absolute Gasteiger partial charge is 0.224 e. The maximum atomic E-state index is 12.6. The van der Waals surface area contributed by atoms with Gasteiger partial charge in [-0.05, 0) is 85.4 Å². The third kappa shape index (κ3) is 6.29. The van der Waals surface area contributed by atoms with Gasteiger partial charge in [0, 0.05) is 12.1 Å². The Kier molecular flexibility index (Phi) is 8.04. The highest BCUT2D eigenvalue weighted by atomic mass is 16.5. The first-order chi connectivity index (χ1) is 16.6. The maximum absolute atomic E-state index is 12.6. The SMILES string of the molecule is COc1ccc(CCC(=O)Nc2cccc(-c3ccc(OC4CCNCC4)cc3)c2)cc1OC. The van der Waals surface area contributed by atoms with Crippen LogP contribution >= 0.6 is 0 Å². The Morgan fingerprint density at radius 3 is 2.41 bits per heavy atom. The van der Waals surface area contributed by atoms with Gasteiger partial charge in [0.1, 0.15) is 11.9 Å². The monoisotopic (exact) mass is 460 g/mol. The molecule has 4 rings (SSSR count). The summed E-state index contributed by atoms with van der Waals surface area (Å²) in [5.74, 6) is 2.21. The molecule has 0 unspecified atom stereocenters. The third-order valence-electron chi connectivity index (χ3n) is 6.01. The molecule has 1 saturated heterocycles. The van der Waals surface area contributed by atoms with Crippen molar-refractivity contribution in [2.75, 3.05) is 32.6 Å². The van der Waals surface area contributed by atoms with Gasteiger partial charge < -0.3 is 24.8 Å². The van der Waals surface area contributed by atoms with Crippen LogP contribution in [0.2, 0.25) is 0 Å². The summed E-state index contributed by atoms with van der Waals surface area (Å²) in [6, 6.07) is 21.8. The van der Waals surface area contributed by atoms with E-state index in [4.69, 9.17) is 14.2 Å². The van der Waals surface area contributed by atoms with E-state index in [1.807, 2.05) is 54.6 Å². The standard InChI is InChI=1S/C28H32N2O4/c1-32-26-12-6-20(18-27(26)33-2)7-13-28(31)30-23-5-3-4-22(19-23)21-8-10-24(11-9-21)34-25-14-16-29-17-15-25/h3-6,8-12,18-19,25,29H,7,13-17H2,1-2H3,(H,30,31). The number of benzene rings is 3. The minimum Gasteiger partial charge on any atom is -0.493 e. The van der Waals surface area contributed by atoms with Crippen LogP contribution in [0.3, 0.4) is 0 Å². The Balaban J connectivity index is 1.33. The lowest BCUT2D eigenvalue weighted by molar-refractivity contribution is -0.116. The Bertz CT molecular complexity index is 1090. The molecule has 0 radical (unpaired) electrons. The second kappa shape index (κ2) is 11.6. The lowest BCUT2D eigenvalue weighted by Gasteiger charge is -2.23. The normalized spacial score (nSPS) is 13.8. The van der Waals surface area contributed by atoms with E-state index in [1.54, 1.807) is 14.2 Å². The number of anilines is 1. The zero-order valence-corrected chi connectivity index (χ0v) is 19.8. The van der Waals surface area contributed by atoms with Crippen LogP contribution in [-0.2, 0) is 11.2 Å². The predicted octanol–water partition coefficient (Wildman–Crippen LogP) is 5.07. The molecule has 3 aromatic carbocycles. The average molecular weight is 461 g/mol. The van der Waals surface area contributed by atoms with Gasteiger partial charge in [0.2, 0.25) is 5.91 Å². The van der Waals surface area contributed by atoms with E-state index in [0.717, 1.165) is 54.1 Å². The Labute approximate surface area is 201 Å². The van der Waals surface area contributed by atoms with Crippen molar-refractivity contribution in [3.63, 3.8) is 0 Å². The lowest BCUT2D eigenvalue weighted by Crippen LogP contribution is -2.34. The Hall–Kier alpha value is -3.51. The molecule has 6 nitrogen and oxygen atoms in total. The van der Waals surface area contributed by atoms with Crippen molar-refractivity contribution in [3.05, 3.63) is 72.3 Å². The molecule has 0 spiro atoms. The van der Waals surface area contributed by atoms with Crippen molar-refractivity contribution < 1.29 is 19.0 Å². The largest absolute Gasteiger partial charge is 0.493 e. The Morgan fingerprint density at radius 2 is 1.68 bits per heavy atom. The van der Waals surface area contributed by atoms with E-state index in [9.17, 15) is 4.79 Å². The molecule has 2 N–H and O–H groups in total. The fourth-order valence-corrected chi connectivity index (χ4v) is 4.13. The molecule has 1 amide bonds. The van der Waals surface area contributed by atoms with E-state index in [-0.39, 0.29) is 12.0 Å². The fraction of sp³-hybridized carbons (Fsp3) is 0.321. The second-order valence-corrected chi connectivity index (χ2v) is 8.41. The molecule has 178 valence electrons. The number of carbonyl (C=O) groups excluding carboxylic acids is 1. The molecule has 0 atom stereocenters. The molecular formula is C28H32N2O4. The number of carbonyl (C=O) groups is 1. The predicted molar refractivity (Wildman–Crippen MR) is 135 cm³/mol. The van der Waals surface area contributed by atoms with Gasteiger partial charge in [-0.25, -0.2) is 0 Å². The van der Waals surface area contributed by atoms with E-state index in [2.05, 4.69) is 22.8 Å². The number of aryl methyl sites for hydroxylation is 1. The number of hydrogen-bond donors (Lipinski definition) is 2. The third-order valence-corrected chi connectivity index (χ3v) is 6.01. The van der Waals surface area contributed by atoms with E-state index in [0.29, 0.717) is 24.3 Å². The number of rotatable bonds is 9. The van der Waals surface area contributed by atoms with Gasteiger partial charge in [-0.1, -0.05) is 30.3 Å². The van der Waals surface area contributed by atoms with E-state index < -0.39 is 0 Å². The molecule has 0 aromatic heterocycles. The minimum absolute atomic E-state index is 0.0299. The molecule has 3 aromatic rings. The van der Waals surface area contributed by atoms with Crippen molar-refractivity contribution in [1.29, 1.82) is 0 Å². The number of hydrogen-bond acceptors (Lipinski definition) is 5. The number of ether oxygens (including phenoxy) is 3. The van der Waals surface area contributed by atoms with Crippen molar-refractivity contribution in [1.82, 2.24) is 5.32 Å². The average Bonchev–Trinajstić information content (AvgIpc) is 2.88. The lowest BCUT2D eigenvalue weighted by atomic mass is 10.0. The van der Waals surface area contributed by atoms with Crippen LogP contribution < -0.4 is 24.8 Å². The van der Waals surface area contributed by atoms with Crippen LogP contribution in [0.4, 0.5) is 5.69 Å². The van der Waals surface area contributed by atoms with Crippen LogP contribution in [0.1, 0.15) is 24.8 Å². The van der Waals surface area contributed by atoms with Crippen LogP contribution in [-0.4, -0.2) is 39.3 Å². The van der Waals surface area contributed by atoms with Crippen LogP contribution in [0.5, 0.6) is 17.2 Å². The quantitative estimate of drug-likeness (QED) is 0.466. The molecule has 0 bridgehead atoms. The van der Waals surface area contributed by atoms with Crippen LogP contribution in [0.15, 0.2) is 66.7 Å². The first kappa shape index (κ1) is 23.6. The summed E-state index contributed by atoms with van der Waals surface area (Å²) in [7, 11) is 3.22. The van der Waals surface area contributed by atoms with Crippen LogP contribution in [0.25, 0.3) is 11.1 Å². The molecular weight excluding hydrogens is 428 g/mol. The highest BCUT2D eigenvalue weighted by molar-refractivity contribution is 5.91. The number of methoxy groups -OCH3 is 2. The number of amides is 1. The Morgan fingerprint density at radius 1 is 0.912 bits per heavy atom. The van der Waals surface area contributed by atoms with Crippen molar-refractivity contribution >= 4 is 11.6 Å². The molecule has 34 heavy (non-hydrogen) atoms. The van der Waals surface area contributed by atoms with E-state index >= 15 is 0 Å². The fourth-order valence-electron chi connectivity index (χ4n) is 4.13. The molecule has 1 aliphatic rings. The zero-order valence-electron chi connectivity index (χ0n) is 19.8. The summed E-state index contributed by atoms with van der Waals surface area (Å²) in [6.45, 7) is 2.02. The van der Waals surface area contributed by atoms with E-state index in [1.165, 1.54) is 0 Å². The summed E-state index contributed by atoms with van der Waals surface area (Å²) >= 11 is 0. The second-order valence-electron chi connectivity index (χ2n) is 8.41. The van der Waals surface area contributed by atoms with Crippen LogP contribution in [0, 0.1) is 0 Å². The summed E-state index contributed by atoms with van der Waals surface area (Å²) in [6.07, 6.45) is 3.35. The van der Waals surface area contributed by atoms with Gasteiger partial charge in [-0.3, -0.25) is 4.79 Å². The molecule has 1 aliphatic heterocycles. The van der Waals surface area contributed by atoms with Gasteiger partial charge in [0.15, 0.2) is 11.5 Å². The topological polar surface area (TPSA) is 68.8 Å². The maximum Gasteiger partial charge on any atom is 0.224 e. The van der Waals surface area contributed by atoms with Gasteiger partial charge in [0.25, 0.3) is 0 Å². The number of nitrogens with one attached hydrogen (secondary N) is 2. The highest BCUT2D eigenvalue weighted by Crippen LogP contribution is 2.28. The molecule has 0 aliphatic carbocycles. The molecule has 1 heterocycles. The zero-order chi connectivity index (χ0) is 23.8. The minimum atomic E-state index is -0.0299. The van der Waals surface area contributed by atoms with Gasteiger partial charge >= 0.3 is 0 Å². The summed E-state index contributed by atoms with van der Waals surface area (Å²) in [5.41, 5.74) is 3.93. The molecule has 0 saturated carbocycles. The van der Waals surface area contributed by atoms with Crippen molar-refractivity contribution in [2.24, 2.45) is 0 Å². The van der Waals surface area contributed by atoms with Crippen molar-refractivity contribution in [2.45, 2.75) is 31.8 Å².